The van der Waals surface area contributed by atoms with Crippen molar-refractivity contribution in [2.75, 3.05) is 5.73 Å². The van der Waals surface area contributed by atoms with Crippen LogP contribution in [0.5, 0.6) is 0 Å². The third kappa shape index (κ3) is 2.80. The summed E-state index contributed by atoms with van der Waals surface area (Å²) in [5.41, 5.74) is 6.15. The van der Waals surface area contributed by atoms with Gasteiger partial charge in [0.05, 0.1) is 15.7 Å². The molecule has 0 atom stereocenters. The summed E-state index contributed by atoms with van der Waals surface area (Å²) in [4.78, 5) is 19.0. The first-order valence-electron chi connectivity index (χ1n) is 4.85. The van der Waals surface area contributed by atoms with Crippen LogP contribution in [0.2, 0.25) is 0 Å². The molecule has 0 spiro atoms. The lowest BCUT2D eigenvalue weighted by Crippen LogP contribution is -2.01. The second-order valence-corrected chi connectivity index (χ2v) is 5.15. The number of nitrogens with two attached hydrogens (primary N) is 1. The molecule has 0 aromatic carbocycles. The highest BCUT2D eigenvalue weighted by Crippen LogP contribution is 2.33. The van der Waals surface area contributed by atoms with Gasteiger partial charge >= 0.3 is 5.97 Å². The second kappa shape index (κ2) is 5.36. The number of nitrogen functional groups attached to an aromatic ring is 1. The van der Waals surface area contributed by atoms with Crippen molar-refractivity contribution < 1.29 is 9.90 Å². The van der Waals surface area contributed by atoms with E-state index >= 15 is 0 Å². The summed E-state index contributed by atoms with van der Waals surface area (Å²) < 4.78 is 0.832. The molecule has 2 rings (SSSR count). The van der Waals surface area contributed by atoms with Gasteiger partial charge in [0.25, 0.3) is 0 Å². The molecular formula is C11H8BrN3O2S. The summed E-state index contributed by atoms with van der Waals surface area (Å²) in [6.45, 7) is 0. The van der Waals surface area contributed by atoms with Crippen LogP contribution >= 0.6 is 27.7 Å². The fourth-order valence-electron chi connectivity index (χ4n) is 1.21. The number of aromatic nitrogens is 2. The van der Waals surface area contributed by atoms with E-state index in [0.29, 0.717) is 10.7 Å². The fraction of sp³-hybridized carbons (Fsp3) is 0. The second-order valence-electron chi connectivity index (χ2n) is 3.32. The van der Waals surface area contributed by atoms with E-state index in [1.807, 2.05) is 6.07 Å². The van der Waals surface area contributed by atoms with Gasteiger partial charge in [0.1, 0.15) is 10.1 Å². The highest BCUT2D eigenvalue weighted by molar-refractivity contribution is 9.10. The Balaban J connectivity index is 2.30. The van der Waals surface area contributed by atoms with Gasteiger partial charge in [0.2, 0.25) is 0 Å². The van der Waals surface area contributed by atoms with Crippen molar-refractivity contribution in [3.63, 3.8) is 0 Å². The van der Waals surface area contributed by atoms with Crippen molar-refractivity contribution in [2.24, 2.45) is 0 Å². The summed E-state index contributed by atoms with van der Waals surface area (Å²) in [5.74, 6) is -1.05. The number of nitrogens with zero attached hydrogens (tertiary/aromatic N) is 2. The van der Waals surface area contributed by atoms with E-state index in [2.05, 4.69) is 25.9 Å². The average Bonchev–Trinajstić information content (AvgIpc) is 2.34. The van der Waals surface area contributed by atoms with E-state index in [0.717, 1.165) is 9.50 Å². The van der Waals surface area contributed by atoms with Gasteiger partial charge in [-0.3, -0.25) is 0 Å². The minimum atomic E-state index is -1.05. The molecule has 5 nitrogen and oxygen atoms in total. The van der Waals surface area contributed by atoms with Crippen LogP contribution in [0.3, 0.4) is 0 Å². The van der Waals surface area contributed by atoms with Gasteiger partial charge in [-0.15, -0.1) is 0 Å². The van der Waals surface area contributed by atoms with Gasteiger partial charge in [0.15, 0.2) is 0 Å². The van der Waals surface area contributed by atoms with Crippen LogP contribution in [0, 0.1) is 0 Å². The van der Waals surface area contributed by atoms with E-state index in [1.165, 1.54) is 24.0 Å². The van der Waals surface area contributed by atoms with Gasteiger partial charge in [-0.1, -0.05) is 0 Å². The predicted octanol–water partition coefficient (Wildman–Crippen LogP) is 2.67. The predicted molar refractivity (Wildman–Crippen MR) is 71.7 cm³/mol. The van der Waals surface area contributed by atoms with Crippen LogP contribution in [0.1, 0.15) is 10.4 Å². The maximum Gasteiger partial charge on any atom is 0.337 e. The summed E-state index contributed by atoms with van der Waals surface area (Å²) in [7, 11) is 0. The summed E-state index contributed by atoms with van der Waals surface area (Å²) >= 11 is 4.64. The zero-order chi connectivity index (χ0) is 13.1. The van der Waals surface area contributed by atoms with Gasteiger partial charge in [0, 0.05) is 12.4 Å². The van der Waals surface area contributed by atoms with Crippen LogP contribution in [-0.2, 0) is 0 Å². The molecule has 0 amide bonds. The number of carboxylic acid groups (broad SMARTS) is 1. The molecular weight excluding hydrogens is 318 g/mol. The van der Waals surface area contributed by atoms with E-state index in [1.54, 1.807) is 12.3 Å². The largest absolute Gasteiger partial charge is 0.478 e. The molecule has 2 heterocycles. The van der Waals surface area contributed by atoms with Crippen molar-refractivity contribution in [2.45, 2.75) is 10.1 Å². The number of anilines is 1. The normalized spacial score (nSPS) is 10.3. The van der Waals surface area contributed by atoms with Crippen LogP contribution in [0.4, 0.5) is 5.69 Å². The number of aromatic carboxylic acids is 1. The number of rotatable bonds is 3. The van der Waals surface area contributed by atoms with Crippen molar-refractivity contribution in [1.82, 2.24) is 9.97 Å². The zero-order valence-electron chi connectivity index (χ0n) is 9.00. The molecule has 2 aromatic rings. The summed E-state index contributed by atoms with van der Waals surface area (Å²) in [6.07, 6.45) is 2.94. The van der Waals surface area contributed by atoms with Gasteiger partial charge in [-0.25, -0.2) is 14.8 Å². The first kappa shape index (κ1) is 12.8. The number of hydrogen-bond acceptors (Lipinski definition) is 5. The monoisotopic (exact) mass is 325 g/mol. The first-order valence-corrected chi connectivity index (χ1v) is 6.46. The Labute approximate surface area is 116 Å². The lowest BCUT2D eigenvalue weighted by Gasteiger charge is -2.05. The fourth-order valence-corrected chi connectivity index (χ4v) is 2.45. The Bertz CT molecular complexity index is 607. The number of hydrogen-bond donors (Lipinski definition) is 2. The number of halogens is 1. The van der Waals surface area contributed by atoms with Crippen LogP contribution in [0.15, 0.2) is 45.1 Å². The topological polar surface area (TPSA) is 89.1 Å². The van der Waals surface area contributed by atoms with Gasteiger partial charge in [-0.05, 0) is 45.9 Å². The van der Waals surface area contributed by atoms with Crippen molar-refractivity contribution in [1.29, 1.82) is 0 Å². The quantitative estimate of drug-likeness (QED) is 0.901. The molecule has 0 saturated heterocycles. The molecule has 2 aromatic heterocycles. The Morgan fingerprint density at radius 1 is 1.39 bits per heavy atom. The molecule has 18 heavy (non-hydrogen) atoms. The molecule has 0 bridgehead atoms. The molecule has 0 aliphatic heterocycles. The molecule has 0 radical (unpaired) electrons. The summed E-state index contributed by atoms with van der Waals surface area (Å²) in [5, 5.41) is 10.1. The molecule has 92 valence electrons. The van der Waals surface area contributed by atoms with Crippen molar-refractivity contribution in [3.8, 4) is 0 Å². The minimum Gasteiger partial charge on any atom is -0.478 e. The van der Waals surface area contributed by atoms with E-state index < -0.39 is 5.97 Å². The standard InChI is InChI=1S/C11H8BrN3O2S/c12-7-2-1-3-14-9(7)18-10-8(13)4-6(5-15-10)11(16)17/h1-5H,13H2,(H,16,17). The van der Waals surface area contributed by atoms with Crippen LogP contribution in [0.25, 0.3) is 0 Å². The Hall–Kier alpha value is -1.60. The van der Waals surface area contributed by atoms with E-state index in [4.69, 9.17) is 10.8 Å². The molecule has 0 aliphatic carbocycles. The molecule has 0 aliphatic rings. The third-order valence-corrected chi connectivity index (χ3v) is 4.00. The Morgan fingerprint density at radius 2 is 2.17 bits per heavy atom. The Kier molecular flexibility index (Phi) is 3.83. The molecule has 0 unspecified atom stereocenters. The van der Waals surface area contributed by atoms with Gasteiger partial charge < -0.3 is 10.8 Å². The number of pyridine rings is 2. The highest BCUT2D eigenvalue weighted by atomic mass is 79.9. The molecule has 0 fully saturated rings. The highest BCUT2D eigenvalue weighted by Gasteiger charge is 2.11. The molecule has 7 heteroatoms. The maximum absolute atomic E-state index is 10.8. The molecule has 0 saturated carbocycles. The Morgan fingerprint density at radius 3 is 2.78 bits per heavy atom. The van der Waals surface area contributed by atoms with Crippen molar-refractivity contribution >= 4 is 39.3 Å². The lowest BCUT2D eigenvalue weighted by atomic mass is 10.3. The lowest BCUT2D eigenvalue weighted by molar-refractivity contribution is 0.0696. The maximum atomic E-state index is 10.8. The number of carboxylic acids is 1. The zero-order valence-corrected chi connectivity index (χ0v) is 11.4. The van der Waals surface area contributed by atoms with Crippen molar-refractivity contribution in [3.05, 3.63) is 40.6 Å². The van der Waals surface area contributed by atoms with Crippen LogP contribution in [-0.4, -0.2) is 21.0 Å². The summed E-state index contributed by atoms with van der Waals surface area (Å²) in [6, 6.07) is 5.05. The SMILES string of the molecule is Nc1cc(C(=O)O)cnc1Sc1ncccc1Br. The van der Waals surface area contributed by atoms with E-state index in [9.17, 15) is 4.79 Å². The minimum absolute atomic E-state index is 0.0666. The third-order valence-electron chi connectivity index (χ3n) is 2.04. The van der Waals surface area contributed by atoms with Gasteiger partial charge in [-0.2, -0.15) is 0 Å². The number of carbonyl (C=O) groups is 1. The molecule has 3 N–H and O–H groups in total. The van der Waals surface area contributed by atoms with Crippen LogP contribution < -0.4 is 5.73 Å². The first-order chi connectivity index (χ1) is 8.58. The van der Waals surface area contributed by atoms with E-state index in [-0.39, 0.29) is 5.56 Å². The smallest absolute Gasteiger partial charge is 0.337 e. The average molecular weight is 326 g/mol.